The van der Waals surface area contributed by atoms with Crippen molar-refractivity contribution >= 4 is 23.0 Å². The molecule has 1 aromatic heterocycles. The second-order valence-electron chi connectivity index (χ2n) is 5.93. The van der Waals surface area contributed by atoms with Crippen LogP contribution in [-0.2, 0) is 4.79 Å². The number of hydrogen-bond acceptors (Lipinski definition) is 6. The molecule has 6 nitrogen and oxygen atoms in total. The van der Waals surface area contributed by atoms with Crippen LogP contribution in [0.4, 0.5) is 4.39 Å². The number of phenolic OH excluding ortho intramolecular Hbond substituents is 1. The highest BCUT2D eigenvalue weighted by molar-refractivity contribution is 7.17. The number of amides is 1. The fraction of sp³-hybridized carbons (Fsp3) is 0.150. The molecular weight excluding hydrogens is 381 g/mol. The highest BCUT2D eigenvalue weighted by Crippen LogP contribution is 2.29. The van der Waals surface area contributed by atoms with Crippen molar-refractivity contribution < 1.29 is 19.0 Å². The summed E-state index contributed by atoms with van der Waals surface area (Å²) >= 11 is 1.43. The maximum atomic E-state index is 13.5. The van der Waals surface area contributed by atoms with Crippen LogP contribution in [0.3, 0.4) is 0 Å². The van der Waals surface area contributed by atoms with E-state index in [1.165, 1.54) is 23.5 Å². The highest BCUT2D eigenvalue weighted by atomic mass is 32.1. The molecule has 0 radical (unpaired) electrons. The monoisotopic (exact) mass is 399 g/mol. The molecule has 0 aliphatic heterocycles. The molecule has 0 spiro atoms. The molecule has 8 heteroatoms. The molecule has 0 bridgehead atoms. The van der Waals surface area contributed by atoms with Crippen LogP contribution in [0.25, 0.3) is 10.6 Å². The van der Waals surface area contributed by atoms with Crippen LogP contribution < -0.4 is 10.2 Å². The van der Waals surface area contributed by atoms with Crippen molar-refractivity contribution in [3.05, 3.63) is 64.9 Å². The molecule has 0 aliphatic rings. The second kappa shape index (κ2) is 8.62. The summed E-state index contributed by atoms with van der Waals surface area (Å²) in [6.07, 6.45) is 0. The molecule has 0 fully saturated rings. The lowest BCUT2D eigenvalue weighted by molar-refractivity contribution is -0.123. The van der Waals surface area contributed by atoms with Crippen molar-refractivity contribution in [3.63, 3.8) is 0 Å². The van der Waals surface area contributed by atoms with Crippen LogP contribution in [-0.4, -0.2) is 28.3 Å². The van der Waals surface area contributed by atoms with Crippen LogP contribution in [0.2, 0.25) is 0 Å². The lowest BCUT2D eigenvalue weighted by Gasteiger charge is -2.06. The van der Waals surface area contributed by atoms with Gasteiger partial charge in [-0.15, -0.1) is 11.3 Å². The van der Waals surface area contributed by atoms with E-state index < -0.39 is 11.7 Å². The summed E-state index contributed by atoms with van der Waals surface area (Å²) in [5.41, 5.74) is 4.66. The van der Waals surface area contributed by atoms with Crippen molar-refractivity contribution in [2.45, 2.75) is 13.8 Å². The summed E-state index contributed by atoms with van der Waals surface area (Å²) in [5, 5.41) is 14.3. The van der Waals surface area contributed by atoms with Crippen molar-refractivity contribution in [2.75, 3.05) is 6.61 Å². The highest BCUT2D eigenvalue weighted by Gasteiger charge is 2.13. The van der Waals surface area contributed by atoms with Crippen molar-refractivity contribution in [3.8, 4) is 22.1 Å². The molecule has 2 aromatic carbocycles. The van der Waals surface area contributed by atoms with Gasteiger partial charge < -0.3 is 9.84 Å². The van der Waals surface area contributed by atoms with Gasteiger partial charge in [-0.1, -0.05) is 12.1 Å². The fourth-order valence-electron chi connectivity index (χ4n) is 2.39. The Labute approximate surface area is 165 Å². The van der Waals surface area contributed by atoms with E-state index in [9.17, 15) is 14.3 Å². The largest absolute Gasteiger partial charge is 0.508 e. The third kappa shape index (κ3) is 4.72. The van der Waals surface area contributed by atoms with Crippen LogP contribution in [0.5, 0.6) is 11.5 Å². The third-order valence-corrected chi connectivity index (χ3v) is 5.10. The molecule has 0 aliphatic carbocycles. The number of hydrazone groups is 1. The first-order chi connectivity index (χ1) is 13.4. The van der Waals surface area contributed by atoms with E-state index >= 15 is 0 Å². The van der Waals surface area contributed by atoms with Gasteiger partial charge in [-0.05, 0) is 50.2 Å². The zero-order valence-electron chi connectivity index (χ0n) is 15.3. The van der Waals surface area contributed by atoms with Gasteiger partial charge in [-0.25, -0.2) is 14.8 Å². The molecular formula is C20H18FN3O3S. The van der Waals surface area contributed by atoms with E-state index in [1.54, 1.807) is 43.3 Å². The number of thiazole rings is 1. The lowest BCUT2D eigenvalue weighted by Crippen LogP contribution is -2.25. The summed E-state index contributed by atoms with van der Waals surface area (Å²) in [4.78, 5) is 17.3. The molecule has 0 atom stereocenters. The number of hydrogen-bond donors (Lipinski definition) is 2. The molecule has 0 saturated heterocycles. The van der Waals surface area contributed by atoms with Gasteiger partial charge in [0.15, 0.2) is 18.2 Å². The average Bonchev–Trinajstić information content (AvgIpc) is 3.07. The van der Waals surface area contributed by atoms with Gasteiger partial charge in [0, 0.05) is 5.56 Å². The number of nitrogens with zero attached hydrogens (tertiary/aromatic N) is 2. The minimum atomic E-state index is -0.531. The van der Waals surface area contributed by atoms with Gasteiger partial charge in [-0.3, -0.25) is 4.79 Å². The first-order valence-corrected chi connectivity index (χ1v) is 9.23. The molecule has 3 rings (SSSR count). The van der Waals surface area contributed by atoms with Gasteiger partial charge in [-0.2, -0.15) is 5.10 Å². The van der Waals surface area contributed by atoms with E-state index in [0.29, 0.717) is 5.71 Å². The Morgan fingerprint density at radius 2 is 1.96 bits per heavy atom. The number of aryl methyl sites for hydroxylation is 1. The molecule has 1 amide bonds. The van der Waals surface area contributed by atoms with Gasteiger partial charge in [0.2, 0.25) is 0 Å². The number of benzene rings is 2. The van der Waals surface area contributed by atoms with Crippen molar-refractivity contribution in [1.82, 2.24) is 10.4 Å². The molecule has 2 N–H and O–H groups in total. The molecule has 3 aromatic rings. The molecule has 28 heavy (non-hydrogen) atoms. The SMILES string of the molecule is C/C(=N\NC(=O)COc1ccccc1F)c1sc(-c2ccc(O)cc2)nc1C. The standard InChI is InChI=1S/C20H18FN3O3S/c1-12-19(28-20(22-12)14-7-9-15(25)10-8-14)13(2)23-24-18(26)11-27-17-6-4-3-5-16(17)21/h3-10,25H,11H2,1-2H3,(H,24,26)/b23-13+. The Morgan fingerprint density at radius 1 is 1.25 bits per heavy atom. The number of ether oxygens (including phenoxy) is 1. The van der Waals surface area contributed by atoms with Gasteiger partial charge in [0.25, 0.3) is 5.91 Å². The number of rotatable bonds is 6. The molecule has 0 unspecified atom stereocenters. The summed E-state index contributed by atoms with van der Waals surface area (Å²) in [6, 6.07) is 12.6. The summed E-state index contributed by atoms with van der Waals surface area (Å²) < 4.78 is 18.6. The van der Waals surface area contributed by atoms with Gasteiger partial charge >= 0.3 is 0 Å². The number of aromatic nitrogens is 1. The average molecular weight is 399 g/mol. The zero-order chi connectivity index (χ0) is 20.1. The number of phenols is 1. The minimum Gasteiger partial charge on any atom is -0.508 e. The van der Waals surface area contributed by atoms with Crippen LogP contribution in [0, 0.1) is 12.7 Å². The molecule has 144 valence electrons. The number of nitrogens with one attached hydrogen (secondary N) is 1. The van der Waals surface area contributed by atoms with E-state index in [0.717, 1.165) is 21.1 Å². The first kappa shape index (κ1) is 19.5. The zero-order valence-corrected chi connectivity index (χ0v) is 16.1. The number of aromatic hydroxyl groups is 1. The number of halogens is 1. The van der Waals surface area contributed by atoms with Crippen LogP contribution in [0.1, 0.15) is 17.5 Å². The predicted molar refractivity (Wildman–Crippen MR) is 106 cm³/mol. The Bertz CT molecular complexity index is 1020. The van der Waals surface area contributed by atoms with Crippen LogP contribution >= 0.6 is 11.3 Å². The van der Waals surface area contributed by atoms with Gasteiger partial charge in [0.05, 0.1) is 16.3 Å². The molecule has 1 heterocycles. The predicted octanol–water partition coefficient (Wildman–Crippen LogP) is 3.88. The summed E-state index contributed by atoms with van der Waals surface area (Å²) in [7, 11) is 0. The normalized spacial score (nSPS) is 11.3. The number of para-hydroxylation sites is 1. The molecule has 0 saturated carbocycles. The first-order valence-electron chi connectivity index (χ1n) is 8.41. The fourth-order valence-corrected chi connectivity index (χ4v) is 3.41. The van der Waals surface area contributed by atoms with Crippen LogP contribution in [0.15, 0.2) is 53.6 Å². The third-order valence-electron chi connectivity index (χ3n) is 3.78. The van der Waals surface area contributed by atoms with E-state index in [2.05, 4.69) is 15.5 Å². The van der Waals surface area contributed by atoms with Crippen molar-refractivity contribution in [2.24, 2.45) is 5.10 Å². The maximum absolute atomic E-state index is 13.5. The Balaban J connectivity index is 1.64. The van der Waals surface area contributed by atoms with E-state index in [4.69, 9.17) is 4.74 Å². The Morgan fingerprint density at radius 3 is 2.68 bits per heavy atom. The maximum Gasteiger partial charge on any atom is 0.277 e. The van der Waals surface area contributed by atoms with Crippen molar-refractivity contribution in [1.29, 1.82) is 0 Å². The topological polar surface area (TPSA) is 83.8 Å². The number of carbonyl (C=O) groups is 1. The smallest absolute Gasteiger partial charge is 0.277 e. The van der Waals surface area contributed by atoms with E-state index in [-0.39, 0.29) is 18.1 Å². The quantitative estimate of drug-likeness (QED) is 0.487. The Kier molecular flexibility index (Phi) is 6.00. The Hall–Kier alpha value is -3.26. The summed E-state index contributed by atoms with van der Waals surface area (Å²) in [6.45, 7) is 3.27. The summed E-state index contributed by atoms with van der Waals surface area (Å²) in [5.74, 6) is -0.828. The number of carbonyl (C=O) groups excluding carboxylic acids is 1. The van der Waals surface area contributed by atoms with E-state index in [1.807, 2.05) is 6.92 Å². The second-order valence-corrected chi connectivity index (χ2v) is 6.93. The lowest BCUT2D eigenvalue weighted by atomic mass is 10.2. The van der Waals surface area contributed by atoms with Gasteiger partial charge in [0.1, 0.15) is 10.8 Å². The minimum absolute atomic E-state index is 0.00944.